The largest absolute Gasteiger partial charge is 0.374 e. The minimum absolute atomic E-state index is 0.0629. The van der Waals surface area contributed by atoms with Gasteiger partial charge in [-0.15, -0.1) is 0 Å². The first-order valence-corrected chi connectivity index (χ1v) is 8.49. The van der Waals surface area contributed by atoms with Gasteiger partial charge in [-0.25, -0.2) is 0 Å². The van der Waals surface area contributed by atoms with Crippen molar-refractivity contribution in [2.24, 2.45) is 0 Å². The molecular formula is C17H27ClN2O. The quantitative estimate of drug-likeness (QED) is 0.807. The summed E-state index contributed by atoms with van der Waals surface area (Å²) in [7, 11) is 2.03. The van der Waals surface area contributed by atoms with Gasteiger partial charge in [0.15, 0.2) is 0 Å². The summed E-state index contributed by atoms with van der Waals surface area (Å²) in [5, 5.41) is 4.25. The molecule has 1 saturated carbocycles. The van der Waals surface area contributed by atoms with E-state index in [9.17, 15) is 0 Å². The number of hydrogen-bond donors (Lipinski definition) is 1. The summed E-state index contributed by atoms with van der Waals surface area (Å²) in [5.74, 6) is 0. The van der Waals surface area contributed by atoms with E-state index in [1.54, 1.807) is 6.20 Å². The highest BCUT2D eigenvalue weighted by Crippen LogP contribution is 2.35. The molecule has 0 bridgehead atoms. The van der Waals surface area contributed by atoms with Gasteiger partial charge in [-0.05, 0) is 44.9 Å². The van der Waals surface area contributed by atoms with Crippen LogP contribution in [0.2, 0.25) is 5.02 Å². The van der Waals surface area contributed by atoms with Gasteiger partial charge in [0.05, 0.1) is 10.6 Å². The number of nitrogens with one attached hydrogen (secondary N) is 1. The van der Waals surface area contributed by atoms with Crippen LogP contribution in [0, 0.1) is 0 Å². The van der Waals surface area contributed by atoms with Crippen molar-refractivity contribution >= 4 is 11.6 Å². The van der Waals surface area contributed by atoms with Crippen LogP contribution in [-0.2, 0) is 11.2 Å². The molecule has 4 heteroatoms. The molecule has 1 aliphatic rings. The average Bonchev–Trinajstić information content (AvgIpc) is 2.73. The molecule has 3 nitrogen and oxygen atoms in total. The van der Waals surface area contributed by atoms with E-state index in [2.05, 4.69) is 17.2 Å². The topological polar surface area (TPSA) is 34.1 Å². The van der Waals surface area contributed by atoms with Crippen LogP contribution in [0.4, 0.5) is 0 Å². The molecule has 0 spiro atoms. The zero-order valence-electron chi connectivity index (χ0n) is 13.2. The van der Waals surface area contributed by atoms with Gasteiger partial charge in [-0.2, -0.15) is 0 Å². The molecule has 21 heavy (non-hydrogen) atoms. The van der Waals surface area contributed by atoms with E-state index in [-0.39, 0.29) is 11.6 Å². The van der Waals surface area contributed by atoms with Crippen LogP contribution in [0.5, 0.6) is 0 Å². The summed E-state index contributed by atoms with van der Waals surface area (Å²) in [6.45, 7) is 2.86. The van der Waals surface area contributed by atoms with Gasteiger partial charge in [0.2, 0.25) is 0 Å². The van der Waals surface area contributed by atoms with E-state index in [0.29, 0.717) is 0 Å². The molecule has 1 N–H and O–H groups in total. The standard InChI is InChI=1S/C17H27ClN2O/c1-3-21-17(9-6-4-5-7-10-17)16(19-2)12-14-8-11-20-13-15(14)18/h8,11,13,16,19H,3-7,9-10,12H2,1-2H3. The lowest BCUT2D eigenvalue weighted by atomic mass is 9.82. The summed E-state index contributed by atoms with van der Waals surface area (Å²) in [6.07, 6.45) is 11.8. The number of aromatic nitrogens is 1. The third-order valence-corrected chi connectivity index (χ3v) is 4.99. The van der Waals surface area contributed by atoms with Crippen LogP contribution in [-0.4, -0.2) is 30.3 Å². The molecule has 0 saturated heterocycles. The molecule has 1 heterocycles. The summed E-state index contributed by atoms with van der Waals surface area (Å²) in [4.78, 5) is 4.08. The lowest BCUT2D eigenvalue weighted by Gasteiger charge is -2.40. The normalized spacial score (nSPS) is 20.0. The Balaban J connectivity index is 2.20. The van der Waals surface area contributed by atoms with E-state index in [4.69, 9.17) is 16.3 Å². The first-order chi connectivity index (χ1) is 10.2. The molecule has 0 radical (unpaired) electrons. The maximum Gasteiger partial charge on any atom is 0.0837 e. The smallest absolute Gasteiger partial charge is 0.0837 e. The van der Waals surface area contributed by atoms with Crippen molar-refractivity contribution in [3.63, 3.8) is 0 Å². The zero-order chi connectivity index (χ0) is 15.1. The van der Waals surface area contributed by atoms with Gasteiger partial charge < -0.3 is 10.1 Å². The molecule has 1 atom stereocenters. The Hall–Kier alpha value is -0.640. The highest BCUT2D eigenvalue weighted by atomic mass is 35.5. The fourth-order valence-electron chi connectivity index (χ4n) is 3.55. The zero-order valence-corrected chi connectivity index (χ0v) is 14.0. The van der Waals surface area contributed by atoms with Crippen molar-refractivity contribution in [3.8, 4) is 0 Å². The van der Waals surface area contributed by atoms with Crippen molar-refractivity contribution in [1.82, 2.24) is 10.3 Å². The molecular weight excluding hydrogens is 284 g/mol. The summed E-state index contributed by atoms with van der Waals surface area (Å²) in [5.41, 5.74) is 1.08. The second-order valence-electron chi connectivity index (χ2n) is 5.92. The van der Waals surface area contributed by atoms with Crippen molar-refractivity contribution in [2.45, 2.75) is 63.5 Å². The van der Waals surface area contributed by atoms with E-state index < -0.39 is 0 Å². The fraction of sp³-hybridized carbons (Fsp3) is 0.706. The molecule has 0 aliphatic heterocycles. The average molecular weight is 311 g/mol. The Morgan fingerprint density at radius 3 is 2.62 bits per heavy atom. The van der Waals surface area contributed by atoms with Gasteiger partial charge in [0, 0.05) is 25.0 Å². The fourth-order valence-corrected chi connectivity index (χ4v) is 3.74. The molecule has 0 aromatic carbocycles. The Labute approximate surface area is 133 Å². The van der Waals surface area contributed by atoms with E-state index in [0.717, 1.165) is 36.5 Å². The second-order valence-corrected chi connectivity index (χ2v) is 6.33. The molecule has 1 aliphatic carbocycles. The number of pyridine rings is 1. The van der Waals surface area contributed by atoms with Gasteiger partial charge in [0.25, 0.3) is 0 Å². The number of rotatable bonds is 6. The molecule has 1 aromatic rings. The third kappa shape index (κ3) is 4.18. The lowest BCUT2D eigenvalue weighted by Crippen LogP contribution is -2.52. The first-order valence-electron chi connectivity index (χ1n) is 8.11. The minimum atomic E-state index is -0.0629. The number of likely N-dealkylation sites (N-methyl/N-ethyl adjacent to an activating group) is 1. The Morgan fingerprint density at radius 1 is 1.33 bits per heavy atom. The van der Waals surface area contributed by atoms with Crippen LogP contribution in [0.25, 0.3) is 0 Å². The van der Waals surface area contributed by atoms with Gasteiger partial charge in [-0.3, -0.25) is 4.98 Å². The molecule has 1 aromatic heterocycles. The minimum Gasteiger partial charge on any atom is -0.374 e. The van der Waals surface area contributed by atoms with Crippen molar-refractivity contribution in [3.05, 3.63) is 29.0 Å². The van der Waals surface area contributed by atoms with Crippen molar-refractivity contribution < 1.29 is 4.74 Å². The highest BCUT2D eigenvalue weighted by Gasteiger charge is 2.39. The van der Waals surface area contributed by atoms with E-state index in [1.165, 1.54) is 25.7 Å². The Kier molecular flexibility index (Phi) is 6.46. The van der Waals surface area contributed by atoms with Crippen molar-refractivity contribution in [2.75, 3.05) is 13.7 Å². The molecule has 118 valence electrons. The number of nitrogens with zero attached hydrogens (tertiary/aromatic N) is 1. The van der Waals surface area contributed by atoms with Crippen LogP contribution < -0.4 is 5.32 Å². The summed E-state index contributed by atoms with van der Waals surface area (Å²) in [6, 6.07) is 2.30. The van der Waals surface area contributed by atoms with Crippen LogP contribution in [0.15, 0.2) is 18.5 Å². The highest BCUT2D eigenvalue weighted by molar-refractivity contribution is 6.31. The van der Waals surface area contributed by atoms with Gasteiger partial charge in [-0.1, -0.05) is 37.3 Å². The van der Waals surface area contributed by atoms with Gasteiger partial charge in [0.1, 0.15) is 0 Å². The number of halogens is 1. The van der Waals surface area contributed by atoms with E-state index in [1.807, 2.05) is 19.3 Å². The van der Waals surface area contributed by atoms with Crippen molar-refractivity contribution in [1.29, 1.82) is 0 Å². The van der Waals surface area contributed by atoms with Gasteiger partial charge >= 0.3 is 0 Å². The Bertz CT molecular complexity index is 431. The third-order valence-electron chi connectivity index (χ3n) is 4.65. The van der Waals surface area contributed by atoms with Crippen LogP contribution >= 0.6 is 11.6 Å². The molecule has 0 amide bonds. The summed E-state index contributed by atoms with van der Waals surface area (Å²) >= 11 is 6.29. The monoisotopic (exact) mass is 310 g/mol. The lowest BCUT2D eigenvalue weighted by molar-refractivity contribution is -0.0752. The Morgan fingerprint density at radius 2 is 2.05 bits per heavy atom. The molecule has 2 rings (SSSR count). The first kappa shape index (κ1) is 16.7. The maximum absolute atomic E-state index is 6.29. The SMILES string of the molecule is CCOC1(C(Cc2ccncc2Cl)NC)CCCCCC1. The number of ether oxygens (including phenoxy) is 1. The molecule has 1 fully saturated rings. The van der Waals surface area contributed by atoms with Crippen LogP contribution in [0.3, 0.4) is 0 Å². The summed E-state index contributed by atoms with van der Waals surface area (Å²) < 4.78 is 6.29. The predicted molar refractivity (Wildman–Crippen MR) is 87.9 cm³/mol. The second kappa shape index (κ2) is 8.11. The van der Waals surface area contributed by atoms with E-state index >= 15 is 0 Å². The number of hydrogen-bond acceptors (Lipinski definition) is 3. The molecule has 1 unspecified atom stereocenters. The maximum atomic E-state index is 6.29. The predicted octanol–water partition coefficient (Wildman–Crippen LogP) is 4.00. The van der Waals surface area contributed by atoms with Crippen LogP contribution in [0.1, 0.15) is 51.0 Å².